The van der Waals surface area contributed by atoms with Gasteiger partial charge >= 0.3 is 5.97 Å². The van der Waals surface area contributed by atoms with E-state index in [9.17, 15) is 9.90 Å². The Labute approximate surface area is 187 Å². The van der Waals surface area contributed by atoms with Crippen molar-refractivity contribution in [2.24, 2.45) is 7.05 Å². The van der Waals surface area contributed by atoms with Crippen molar-refractivity contribution in [3.8, 4) is 22.3 Å². The number of hydrogen-bond donors (Lipinski definition) is 1. The molecule has 1 aliphatic heterocycles. The molecular weight excluding hydrogens is 398 g/mol. The van der Waals surface area contributed by atoms with Crippen LogP contribution in [-0.2, 0) is 13.6 Å². The molecule has 5 rings (SSSR count). The van der Waals surface area contributed by atoms with Gasteiger partial charge in [0.25, 0.3) is 0 Å². The van der Waals surface area contributed by atoms with E-state index in [0.29, 0.717) is 5.52 Å². The molecule has 1 fully saturated rings. The topological polar surface area (TPSA) is 58.4 Å². The Hall–Kier alpha value is -3.44. The molecule has 162 valence electrons. The number of aryl methyl sites for hydroxylation is 1. The number of carboxylic acid groups (broad SMARTS) is 1. The molecule has 1 aromatic heterocycles. The predicted octanol–water partition coefficient (Wildman–Crippen LogP) is 5.59. The number of rotatable bonds is 5. The predicted molar refractivity (Wildman–Crippen MR) is 128 cm³/mol. The molecule has 3 aromatic carbocycles. The summed E-state index contributed by atoms with van der Waals surface area (Å²) in [6.07, 6.45) is 5.61. The number of carboxylic acids is 1. The van der Waals surface area contributed by atoms with Gasteiger partial charge in [0.2, 0.25) is 0 Å². The molecule has 0 aliphatic carbocycles. The molecule has 0 unspecified atom stereocenters. The monoisotopic (exact) mass is 425 g/mol. The summed E-state index contributed by atoms with van der Waals surface area (Å²) in [6, 6.07) is 20.9. The molecule has 2 heterocycles. The zero-order valence-electron chi connectivity index (χ0n) is 18.3. The van der Waals surface area contributed by atoms with E-state index in [1.165, 1.54) is 43.5 Å². The van der Waals surface area contributed by atoms with E-state index in [-0.39, 0.29) is 5.56 Å². The van der Waals surface area contributed by atoms with Crippen LogP contribution < -0.4 is 0 Å². The first-order valence-electron chi connectivity index (χ1n) is 11.2. The summed E-state index contributed by atoms with van der Waals surface area (Å²) >= 11 is 0. The first-order valence-corrected chi connectivity index (χ1v) is 11.2. The number of nitrogens with zero attached hydrogens (tertiary/aromatic N) is 3. The summed E-state index contributed by atoms with van der Waals surface area (Å²) in [6.45, 7) is 3.39. The van der Waals surface area contributed by atoms with Gasteiger partial charge in [-0.3, -0.25) is 4.90 Å². The van der Waals surface area contributed by atoms with Gasteiger partial charge in [0.05, 0.1) is 17.4 Å². The number of imidazole rings is 1. The fourth-order valence-corrected chi connectivity index (χ4v) is 4.64. The van der Waals surface area contributed by atoms with E-state index in [2.05, 4.69) is 58.4 Å². The Kier molecular flexibility index (Phi) is 5.50. The van der Waals surface area contributed by atoms with Gasteiger partial charge in [-0.1, -0.05) is 48.9 Å². The molecule has 5 nitrogen and oxygen atoms in total. The van der Waals surface area contributed by atoms with Crippen molar-refractivity contribution >= 4 is 17.0 Å². The van der Waals surface area contributed by atoms with Crippen molar-refractivity contribution in [2.75, 3.05) is 13.1 Å². The summed E-state index contributed by atoms with van der Waals surface area (Å²) in [5.74, 6) is -0.960. The molecule has 0 bridgehead atoms. The van der Waals surface area contributed by atoms with E-state index in [4.69, 9.17) is 0 Å². The van der Waals surface area contributed by atoms with Crippen LogP contribution in [0.2, 0.25) is 0 Å². The largest absolute Gasteiger partial charge is 0.478 e. The van der Waals surface area contributed by atoms with E-state index < -0.39 is 5.97 Å². The fourth-order valence-electron chi connectivity index (χ4n) is 4.64. The van der Waals surface area contributed by atoms with E-state index in [1.54, 1.807) is 12.4 Å². The third-order valence-corrected chi connectivity index (χ3v) is 6.39. The summed E-state index contributed by atoms with van der Waals surface area (Å²) in [5.41, 5.74) is 7.15. The highest BCUT2D eigenvalue weighted by atomic mass is 16.4. The highest BCUT2D eigenvalue weighted by Gasteiger charge is 2.15. The van der Waals surface area contributed by atoms with Crippen LogP contribution in [-0.4, -0.2) is 38.6 Å². The molecule has 0 saturated carbocycles. The van der Waals surface area contributed by atoms with Crippen LogP contribution >= 0.6 is 0 Å². The SMILES string of the molecule is Cn1cnc2c(C(=O)O)cc(-c3ccc(-c4cccc(CN5CCCCC5)c4)cc3)cc21. The van der Waals surface area contributed by atoms with Crippen molar-refractivity contribution in [3.63, 3.8) is 0 Å². The number of aromatic nitrogens is 2. The first kappa shape index (κ1) is 20.5. The van der Waals surface area contributed by atoms with Crippen molar-refractivity contribution in [2.45, 2.75) is 25.8 Å². The lowest BCUT2D eigenvalue weighted by Crippen LogP contribution is -2.29. The zero-order valence-corrected chi connectivity index (χ0v) is 18.3. The lowest BCUT2D eigenvalue weighted by atomic mass is 9.97. The molecule has 32 heavy (non-hydrogen) atoms. The van der Waals surface area contributed by atoms with Crippen molar-refractivity contribution in [3.05, 3.63) is 78.1 Å². The van der Waals surface area contributed by atoms with E-state index >= 15 is 0 Å². The van der Waals surface area contributed by atoms with Crippen molar-refractivity contribution in [1.29, 1.82) is 0 Å². The second kappa shape index (κ2) is 8.60. The Morgan fingerprint density at radius 1 is 0.906 bits per heavy atom. The molecule has 0 spiro atoms. The van der Waals surface area contributed by atoms with Crippen LogP contribution in [0.5, 0.6) is 0 Å². The van der Waals surface area contributed by atoms with Gasteiger partial charge in [0.1, 0.15) is 5.52 Å². The Bertz CT molecular complexity index is 1270. The highest BCUT2D eigenvalue weighted by molar-refractivity contribution is 6.03. The molecule has 1 saturated heterocycles. The van der Waals surface area contributed by atoms with Gasteiger partial charge in [-0.2, -0.15) is 0 Å². The third-order valence-electron chi connectivity index (χ3n) is 6.39. The minimum atomic E-state index is -0.960. The molecule has 4 aromatic rings. The number of aromatic carboxylic acids is 1. The van der Waals surface area contributed by atoms with Gasteiger partial charge < -0.3 is 9.67 Å². The van der Waals surface area contributed by atoms with Crippen LogP contribution in [0.3, 0.4) is 0 Å². The summed E-state index contributed by atoms with van der Waals surface area (Å²) < 4.78 is 1.85. The van der Waals surface area contributed by atoms with Crippen molar-refractivity contribution < 1.29 is 9.90 Å². The van der Waals surface area contributed by atoms with Crippen molar-refractivity contribution in [1.82, 2.24) is 14.5 Å². The molecule has 0 amide bonds. The van der Waals surface area contributed by atoms with Crippen LogP contribution in [0.15, 0.2) is 67.0 Å². The van der Waals surface area contributed by atoms with E-state index in [0.717, 1.165) is 28.8 Å². The Morgan fingerprint density at radius 2 is 1.62 bits per heavy atom. The van der Waals surface area contributed by atoms with Crippen LogP contribution in [0.25, 0.3) is 33.3 Å². The lowest BCUT2D eigenvalue weighted by molar-refractivity contribution is 0.0699. The maximum absolute atomic E-state index is 11.8. The number of piperidine rings is 1. The van der Waals surface area contributed by atoms with Gasteiger partial charge in [-0.15, -0.1) is 0 Å². The molecule has 0 radical (unpaired) electrons. The summed E-state index contributed by atoms with van der Waals surface area (Å²) in [5, 5.41) is 9.65. The minimum absolute atomic E-state index is 0.229. The second-order valence-corrected chi connectivity index (χ2v) is 8.67. The van der Waals surface area contributed by atoms with Crippen LogP contribution in [0, 0.1) is 0 Å². The second-order valence-electron chi connectivity index (χ2n) is 8.67. The van der Waals surface area contributed by atoms with Gasteiger partial charge in [-0.25, -0.2) is 9.78 Å². The average molecular weight is 426 g/mol. The first-order chi connectivity index (χ1) is 15.6. The molecule has 5 heteroatoms. The number of hydrogen-bond acceptors (Lipinski definition) is 3. The average Bonchev–Trinajstić information content (AvgIpc) is 3.20. The number of fused-ring (bicyclic) bond motifs is 1. The third kappa shape index (κ3) is 4.04. The maximum Gasteiger partial charge on any atom is 0.337 e. The maximum atomic E-state index is 11.8. The lowest BCUT2D eigenvalue weighted by Gasteiger charge is -2.26. The Morgan fingerprint density at radius 3 is 2.34 bits per heavy atom. The molecule has 1 aliphatic rings. The quantitative estimate of drug-likeness (QED) is 0.453. The molecule has 1 N–H and O–H groups in total. The smallest absolute Gasteiger partial charge is 0.337 e. The van der Waals surface area contributed by atoms with E-state index in [1.807, 2.05) is 17.7 Å². The normalized spacial score (nSPS) is 14.7. The molecular formula is C27H27N3O2. The van der Waals surface area contributed by atoms with Gasteiger partial charge in [0, 0.05) is 13.6 Å². The fraction of sp³-hybridized carbons (Fsp3) is 0.259. The summed E-state index contributed by atoms with van der Waals surface area (Å²) in [7, 11) is 1.88. The van der Waals surface area contributed by atoms with Crippen LogP contribution in [0.1, 0.15) is 35.2 Å². The highest BCUT2D eigenvalue weighted by Crippen LogP contribution is 2.30. The zero-order chi connectivity index (χ0) is 22.1. The summed E-state index contributed by atoms with van der Waals surface area (Å²) in [4.78, 5) is 18.6. The minimum Gasteiger partial charge on any atom is -0.478 e. The van der Waals surface area contributed by atoms with Crippen LogP contribution in [0.4, 0.5) is 0 Å². The van der Waals surface area contributed by atoms with Gasteiger partial charge in [-0.05, 0) is 71.9 Å². The Balaban J connectivity index is 1.43. The number of likely N-dealkylation sites (tertiary alicyclic amines) is 1. The number of carbonyl (C=O) groups is 1. The standard InChI is InChI=1S/C27H27N3O2/c1-29-18-28-26-24(27(31)32)15-23(16-25(26)29)21-10-8-20(9-11-21)22-7-5-6-19(14-22)17-30-12-3-2-4-13-30/h5-11,14-16,18H,2-4,12-13,17H2,1H3,(H,31,32). The van der Waals surface area contributed by atoms with Gasteiger partial charge in [0.15, 0.2) is 0 Å². The molecule has 0 atom stereocenters. The number of benzene rings is 3.